The predicted molar refractivity (Wildman–Crippen MR) is 142 cm³/mol. The van der Waals surface area contributed by atoms with Gasteiger partial charge in [0, 0.05) is 18.0 Å². The molecule has 196 valence electrons. The van der Waals surface area contributed by atoms with Crippen molar-refractivity contribution in [3.05, 3.63) is 42.2 Å². The van der Waals surface area contributed by atoms with E-state index in [1.165, 1.54) is 69.8 Å². The Hall–Kier alpha value is -2.04. The van der Waals surface area contributed by atoms with Crippen LogP contribution in [-0.2, 0) is 6.42 Å². The van der Waals surface area contributed by atoms with E-state index in [9.17, 15) is 8.78 Å². The number of nitrogens with zero attached hydrogens (tertiary/aromatic N) is 2. The summed E-state index contributed by atoms with van der Waals surface area (Å²) in [4.78, 5) is 9.03. The van der Waals surface area contributed by atoms with Crippen LogP contribution in [0.25, 0.3) is 11.4 Å². The average Bonchev–Trinajstić information content (AvgIpc) is 2.89. The molecule has 0 fully saturated rings. The Bertz CT molecular complexity index is 767. The molecule has 3 nitrogen and oxygen atoms in total. The maximum atomic E-state index is 14.0. The lowest BCUT2D eigenvalue weighted by molar-refractivity contribution is 0.102. The van der Waals surface area contributed by atoms with E-state index in [1.807, 2.05) is 31.5 Å². The van der Waals surface area contributed by atoms with Crippen LogP contribution in [-0.4, -0.2) is 28.9 Å². The minimum Gasteiger partial charge on any atom is -0.490 e. The van der Waals surface area contributed by atoms with Crippen molar-refractivity contribution in [1.29, 1.82) is 0 Å². The second-order valence-electron chi connectivity index (χ2n) is 9.71. The summed E-state index contributed by atoms with van der Waals surface area (Å²) in [6, 6.07) is 7.23. The number of alkyl halides is 2. The van der Waals surface area contributed by atoms with Gasteiger partial charge < -0.3 is 4.74 Å². The van der Waals surface area contributed by atoms with E-state index in [1.54, 1.807) is 12.1 Å². The molecule has 2 unspecified atom stereocenters. The van der Waals surface area contributed by atoms with E-state index in [2.05, 4.69) is 16.9 Å². The number of rotatable bonds is 20. The zero-order valence-electron chi connectivity index (χ0n) is 22.0. The van der Waals surface area contributed by atoms with Crippen LogP contribution in [0.2, 0.25) is 0 Å². The number of hydrogen-bond acceptors (Lipinski definition) is 3. The summed E-state index contributed by atoms with van der Waals surface area (Å²) < 4.78 is 33.3. The first kappa shape index (κ1) is 29.2. The Balaban J connectivity index is 1.64. The topological polar surface area (TPSA) is 35.0 Å². The highest BCUT2D eigenvalue weighted by molar-refractivity contribution is 5.55. The molecule has 0 saturated heterocycles. The highest BCUT2D eigenvalue weighted by atomic mass is 19.2. The molecule has 0 N–H and O–H groups in total. The van der Waals surface area contributed by atoms with Crippen molar-refractivity contribution in [2.75, 3.05) is 6.61 Å². The molecule has 2 aromatic rings. The minimum absolute atomic E-state index is 0.254. The van der Waals surface area contributed by atoms with E-state index >= 15 is 0 Å². The van der Waals surface area contributed by atoms with Gasteiger partial charge in [-0.15, -0.1) is 0 Å². The van der Waals surface area contributed by atoms with Gasteiger partial charge in [0.2, 0.25) is 0 Å². The van der Waals surface area contributed by atoms with Gasteiger partial charge in [0.25, 0.3) is 0 Å². The van der Waals surface area contributed by atoms with Gasteiger partial charge in [-0.2, -0.15) is 0 Å². The molecule has 0 spiro atoms. The molecule has 0 bridgehead atoms. The molecule has 0 aliphatic carbocycles. The fourth-order valence-electron chi connectivity index (χ4n) is 4.20. The number of aromatic nitrogens is 2. The second kappa shape index (κ2) is 18.3. The quantitative estimate of drug-likeness (QED) is 0.174. The van der Waals surface area contributed by atoms with Crippen molar-refractivity contribution in [2.45, 2.75) is 123 Å². The maximum Gasteiger partial charge on any atom is 0.165 e. The van der Waals surface area contributed by atoms with Crippen molar-refractivity contribution < 1.29 is 13.5 Å². The SMILES string of the molecule is CCCCCCCCCCCCc1cnc(-c2ccc(OCC(F)C(F)CCCCC)cc2)nc1. The summed E-state index contributed by atoms with van der Waals surface area (Å²) in [5, 5.41) is 0. The fourth-order valence-corrected chi connectivity index (χ4v) is 4.20. The van der Waals surface area contributed by atoms with Crippen LogP contribution < -0.4 is 4.74 Å². The summed E-state index contributed by atoms with van der Waals surface area (Å²) in [6.45, 7) is 4.04. The number of ether oxygens (including phenoxy) is 1. The summed E-state index contributed by atoms with van der Waals surface area (Å²) >= 11 is 0. The van der Waals surface area contributed by atoms with Crippen molar-refractivity contribution in [3.63, 3.8) is 0 Å². The van der Waals surface area contributed by atoms with Crippen LogP contribution in [0.1, 0.15) is 109 Å². The molecule has 1 aromatic heterocycles. The Morgan fingerprint density at radius 2 is 1.23 bits per heavy atom. The molecule has 1 aromatic carbocycles. The first-order valence-corrected chi connectivity index (χ1v) is 14.0. The third kappa shape index (κ3) is 12.5. The zero-order valence-corrected chi connectivity index (χ0v) is 22.0. The summed E-state index contributed by atoms with van der Waals surface area (Å²) in [7, 11) is 0. The van der Waals surface area contributed by atoms with Crippen LogP contribution >= 0.6 is 0 Å². The van der Waals surface area contributed by atoms with E-state index in [-0.39, 0.29) is 13.0 Å². The molecule has 0 amide bonds. The number of aryl methyl sites for hydroxylation is 1. The lowest BCUT2D eigenvalue weighted by atomic mass is 10.0. The molecule has 5 heteroatoms. The molecule has 1 heterocycles. The third-order valence-electron chi connectivity index (χ3n) is 6.52. The van der Waals surface area contributed by atoms with Crippen LogP contribution in [0.5, 0.6) is 5.75 Å². The van der Waals surface area contributed by atoms with Gasteiger partial charge in [0.05, 0.1) is 0 Å². The Morgan fingerprint density at radius 1 is 0.686 bits per heavy atom. The highest BCUT2D eigenvalue weighted by Crippen LogP contribution is 2.21. The minimum atomic E-state index is -1.60. The van der Waals surface area contributed by atoms with E-state index in [0.29, 0.717) is 18.0 Å². The maximum absolute atomic E-state index is 14.0. The Kier molecular flexibility index (Phi) is 15.2. The van der Waals surface area contributed by atoms with E-state index < -0.39 is 12.3 Å². The van der Waals surface area contributed by atoms with Crippen molar-refractivity contribution in [2.24, 2.45) is 0 Å². The normalized spacial score (nSPS) is 13.0. The van der Waals surface area contributed by atoms with E-state index in [0.717, 1.165) is 24.8 Å². The van der Waals surface area contributed by atoms with Gasteiger partial charge >= 0.3 is 0 Å². The average molecular weight is 489 g/mol. The molecule has 0 aliphatic rings. The third-order valence-corrected chi connectivity index (χ3v) is 6.52. The molecule has 0 saturated carbocycles. The molecular weight excluding hydrogens is 442 g/mol. The first-order chi connectivity index (χ1) is 17.1. The monoisotopic (exact) mass is 488 g/mol. The van der Waals surface area contributed by atoms with Gasteiger partial charge in [-0.1, -0.05) is 90.9 Å². The van der Waals surface area contributed by atoms with Crippen LogP contribution in [0, 0.1) is 0 Å². The molecule has 0 aliphatic heterocycles. The number of unbranched alkanes of at least 4 members (excludes halogenated alkanes) is 11. The van der Waals surface area contributed by atoms with E-state index in [4.69, 9.17) is 4.74 Å². The summed E-state index contributed by atoms with van der Waals surface area (Å²) in [5.41, 5.74) is 2.05. The van der Waals surface area contributed by atoms with Crippen LogP contribution in [0.4, 0.5) is 8.78 Å². The van der Waals surface area contributed by atoms with Crippen molar-refractivity contribution >= 4 is 0 Å². The van der Waals surface area contributed by atoms with Gasteiger partial charge in [-0.05, 0) is 49.1 Å². The number of benzene rings is 1. The largest absolute Gasteiger partial charge is 0.490 e. The standard InChI is InChI=1S/C30H46F2N2O/c1-3-5-7-8-9-10-11-12-13-15-16-25-22-33-30(34-23-25)26-18-20-27(21-19-26)35-24-29(32)28(31)17-14-6-4-2/h18-23,28-29H,3-17,24H2,1-2H3. The molecular formula is C30H46F2N2O. The lowest BCUT2D eigenvalue weighted by Crippen LogP contribution is -2.24. The summed E-state index contributed by atoms with van der Waals surface area (Å²) in [6.07, 6.45) is 18.0. The smallest absolute Gasteiger partial charge is 0.165 e. The van der Waals surface area contributed by atoms with Gasteiger partial charge in [-0.25, -0.2) is 18.7 Å². The van der Waals surface area contributed by atoms with Crippen LogP contribution in [0.3, 0.4) is 0 Å². The molecule has 35 heavy (non-hydrogen) atoms. The highest BCUT2D eigenvalue weighted by Gasteiger charge is 2.20. The molecule has 2 atom stereocenters. The molecule has 0 radical (unpaired) electrons. The van der Waals surface area contributed by atoms with Crippen molar-refractivity contribution in [1.82, 2.24) is 9.97 Å². The van der Waals surface area contributed by atoms with Gasteiger partial charge in [0.15, 0.2) is 12.0 Å². The first-order valence-electron chi connectivity index (χ1n) is 14.0. The van der Waals surface area contributed by atoms with Gasteiger partial charge in [-0.3, -0.25) is 0 Å². The summed E-state index contributed by atoms with van der Waals surface area (Å²) in [5.74, 6) is 1.18. The van der Waals surface area contributed by atoms with Gasteiger partial charge in [0.1, 0.15) is 18.5 Å². The Morgan fingerprint density at radius 3 is 1.83 bits per heavy atom. The Labute approximate surface area is 212 Å². The predicted octanol–water partition coefficient (Wildman–Crippen LogP) is 9.24. The lowest BCUT2D eigenvalue weighted by Gasteiger charge is -2.14. The van der Waals surface area contributed by atoms with Crippen molar-refractivity contribution in [3.8, 4) is 17.1 Å². The second-order valence-corrected chi connectivity index (χ2v) is 9.71. The fraction of sp³-hybridized carbons (Fsp3) is 0.667. The van der Waals surface area contributed by atoms with Crippen LogP contribution in [0.15, 0.2) is 36.7 Å². The number of hydrogen-bond donors (Lipinski definition) is 0. The molecule has 2 rings (SSSR count). The zero-order chi connectivity index (χ0) is 25.1. The number of halogens is 2.